The Hall–Kier alpha value is -3.41. The van der Waals surface area contributed by atoms with Crippen molar-refractivity contribution >= 4 is 23.6 Å². The lowest BCUT2D eigenvalue weighted by Crippen LogP contribution is -2.61. The molecule has 1 heterocycles. The normalized spacial score (nSPS) is 16.2. The molecule has 3 N–H and O–H groups in total. The number of carbonyl (C=O) groups excluding carboxylic acids is 2. The highest BCUT2D eigenvalue weighted by molar-refractivity contribution is 6.03. The molecule has 2 aromatic carbocycles. The predicted octanol–water partition coefficient (Wildman–Crippen LogP) is 4.75. The molecule has 0 radical (unpaired) electrons. The van der Waals surface area contributed by atoms with Crippen LogP contribution in [0.1, 0.15) is 29.5 Å². The van der Waals surface area contributed by atoms with E-state index < -0.39 is 46.7 Å². The molecule has 5 nitrogen and oxygen atoms in total. The Morgan fingerprint density at radius 1 is 0.943 bits per heavy atom. The highest BCUT2D eigenvalue weighted by atomic mass is 19.4. The van der Waals surface area contributed by atoms with Gasteiger partial charge in [-0.3, -0.25) is 9.59 Å². The molecule has 188 valence electrons. The molecule has 35 heavy (non-hydrogen) atoms. The van der Waals surface area contributed by atoms with Crippen LogP contribution < -0.4 is 16.0 Å². The first kappa shape index (κ1) is 26.2. The van der Waals surface area contributed by atoms with E-state index in [1.165, 1.54) is 6.07 Å². The fourth-order valence-corrected chi connectivity index (χ4v) is 3.60. The molecule has 0 spiro atoms. The van der Waals surface area contributed by atoms with Gasteiger partial charge in [-0.1, -0.05) is 12.1 Å². The number of benzene rings is 2. The van der Waals surface area contributed by atoms with E-state index in [9.17, 15) is 40.3 Å². The number of carbonyl (C=O) groups is 2. The van der Waals surface area contributed by atoms with Crippen molar-refractivity contribution in [1.29, 1.82) is 0 Å². The number of hydrogen-bond donors (Lipinski definition) is 3. The third-order valence-electron chi connectivity index (χ3n) is 5.42. The van der Waals surface area contributed by atoms with E-state index in [1.807, 2.05) is 0 Å². The maximum absolute atomic E-state index is 13.4. The number of rotatable bonds is 5. The Bertz CT molecular complexity index is 1120. The minimum atomic E-state index is -4.92. The Kier molecular flexibility index (Phi) is 7.53. The lowest BCUT2D eigenvalue weighted by molar-refractivity contribution is -0.140. The topological polar surface area (TPSA) is 70.2 Å². The molecule has 3 rings (SSSR count). The van der Waals surface area contributed by atoms with E-state index in [-0.39, 0.29) is 24.1 Å². The summed E-state index contributed by atoms with van der Waals surface area (Å²) in [6.07, 6.45) is -7.37. The van der Waals surface area contributed by atoms with Crippen molar-refractivity contribution in [2.45, 2.75) is 30.7 Å². The van der Waals surface area contributed by atoms with Crippen molar-refractivity contribution in [2.75, 3.05) is 18.4 Å². The summed E-state index contributed by atoms with van der Waals surface area (Å²) in [5.41, 5.74) is -4.13. The summed E-state index contributed by atoms with van der Waals surface area (Å²) < 4.78 is 91.0. The Labute approximate surface area is 195 Å². The van der Waals surface area contributed by atoms with Crippen LogP contribution in [0.5, 0.6) is 0 Å². The highest BCUT2D eigenvalue weighted by Gasteiger charge is 2.41. The molecule has 1 aliphatic rings. The van der Waals surface area contributed by atoms with E-state index >= 15 is 0 Å². The number of nitrogens with one attached hydrogen (secondary N) is 3. The molecule has 2 amide bonds. The molecule has 2 aromatic rings. The second-order valence-electron chi connectivity index (χ2n) is 7.92. The zero-order valence-corrected chi connectivity index (χ0v) is 18.0. The summed E-state index contributed by atoms with van der Waals surface area (Å²) in [5, 5.41) is 7.93. The average molecular weight is 503 g/mol. The molecular weight excluding hydrogens is 483 g/mol. The largest absolute Gasteiger partial charge is 0.419 e. The van der Waals surface area contributed by atoms with Gasteiger partial charge in [-0.05, 0) is 67.9 Å². The van der Waals surface area contributed by atoms with E-state index in [1.54, 1.807) is 0 Å². The smallest absolute Gasteiger partial charge is 0.338 e. The first-order chi connectivity index (χ1) is 16.3. The van der Waals surface area contributed by atoms with Crippen LogP contribution in [-0.4, -0.2) is 30.4 Å². The van der Waals surface area contributed by atoms with Crippen LogP contribution in [0.3, 0.4) is 0 Å². The number of amides is 2. The first-order valence-corrected chi connectivity index (χ1v) is 10.4. The van der Waals surface area contributed by atoms with Crippen molar-refractivity contribution in [3.05, 3.63) is 71.0 Å². The molecule has 0 saturated carbocycles. The summed E-state index contributed by atoms with van der Waals surface area (Å²) in [6, 6.07) is 6.23. The highest BCUT2D eigenvalue weighted by Crippen LogP contribution is 2.33. The Morgan fingerprint density at radius 3 is 2.26 bits per heavy atom. The quantitative estimate of drug-likeness (QED) is 0.408. The summed E-state index contributed by atoms with van der Waals surface area (Å²) in [5.74, 6) is -3.01. The van der Waals surface area contributed by atoms with Gasteiger partial charge in [0.15, 0.2) is 0 Å². The minimum absolute atomic E-state index is 0.0957. The summed E-state index contributed by atoms with van der Waals surface area (Å²) in [4.78, 5) is 25.6. The van der Waals surface area contributed by atoms with Gasteiger partial charge in [0, 0.05) is 11.8 Å². The molecule has 1 aliphatic heterocycles. The van der Waals surface area contributed by atoms with Crippen molar-refractivity contribution in [1.82, 2.24) is 10.6 Å². The van der Waals surface area contributed by atoms with Crippen molar-refractivity contribution in [3.8, 4) is 0 Å². The van der Waals surface area contributed by atoms with Crippen LogP contribution in [0.4, 0.5) is 36.4 Å². The van der Waals surface area contributed by atoms with Gasteiger partial charge in [-0.15, -0.1) is 0 Å². The lowest BCUT2D eigenvalue weighted by atomic mass is 9.87. The SMILES string of the molecule is O=C(C=Cc1ccc(F)c(C(F)(F)F)c1)NC1(C(=O)Nc2cccc(C(F)(F)F)c2)CCNCC1. The van der Waals surface area contributed by atoms with Crippen LogP contribution in [-0.2, 0) is 21.9 Å². The molecular formula is C23H20F7N3O2. The molecule has 0 bridgehead atoms. The molecule has 1 saturated heterocycles. The monoisotopic (exact) mass is 503 g/mol. The van der Waals surface area contributed by atoms with Crippen LogP contribution >= 0.6 is 0 Å². The van der Waals surface area contributed by atoms with E-state index in [0.29, 0.717) is 25.2 Å². The number of piperidine rings is 1. The van der Waals surface area contributed by atoms with Crippen LogP contribution in [0.25, 0.3) is 6.08 Å². The van der Waals surface area contributed by atoms with Gasteiger partial charge in [-0.2, -0.15) is 26.3 Å². The zero-order chi connectivity index (χ0) is 25.9. The van der Waals surface area contributed by atoms with Crippen molar-refractivity contribution in [2.24, 2.45) is 0 Å². The lowest BCUT2D eigenvalue weighted by Gasteiger charge is -2.36. The Balaban J connectivity index is 1.77. The van der Waals surface area contributed by atoms with Crippen LogP contribution in [0.2, 0.25) is 0 Å². The van der Waals surface area contributed by atoms with E-state index in [2.05, 4.69) is 16.0 Å². The number of anilines is 1. The zero-order valence-electron chi connectivity index (χ0n) is 18.0. The summed E-state index contributed by atoms with van der Waals surface area (Å²) in [6.45, 7) is 0.653. The minimum Gasteiger partial charge on any atom is -0.338 e. The number of halogens is 7. The van der Waals surface area contributed by atoms with E-state index in [0.717, 1.165) is 36.4 Å². The fourth-order valence-electron chi connectivity index (χ4n) is 3.60. The maximum atomic E-state index is 13.4. The second-order valence-corrected chi connectivity index (χ2v) is 7.92. The molecule has 0 aromatic heterocycles. The molecule has 0 atom stereocenters. The standard InChI is InChI=1S/C23H20F7N3O2/c24-18-6-4-14(12-17(18)23(28,29)30)5-7-19(34)33-21(8-10-31-11-9-21)20(35)32-16-3-1-2-15(13-16)22(25,26)27/h1-7,12-13,31H,8-11H2,(H,32,35)(H,33,34). The average Bonchev–Trinajstić information content (AvgIpc) is 2.78. The van der Waals surface area contributed by atoms with Crippen molar-refractivity contribution in [3.63, 3.8) is 0 Å². The third kappa shape index (κ3) is 6.59. The van der Waals surface area contributed by atoms with Gasteiger partial charge in [0.25, 0.3) is 0 Å². The van der Waals surface area contributed by atoms with Gasteiger partial charge in [-0.25, -0.2) is 4.39 Å². The number of alkyl halides is 6. The third-order valence-corrected chi connectivity index (χ3v) is 5.42. The number of hydrogen-bond acceptors (Lipinski definition) is 3. The fraction of sp³-hybridized carbons (Fsp3) is 0.304. The molecule has 12 heteroatoms. The van der Waals surface area contributed by atoms with Gasteiger partial charge in [0.2, 0.25) is 11.8 Å². The predicted molar refractivity (Wildman–Crippen MR) is 113 cm³/mol. The first-order valence-electron chi connectivity index (χ1n) is 10.4. The molecule has 0 aliphatic carbocycles. The van der Waals surface area contributed by atoms with Gasteiger partial charge >= 0.3 is 12.4 Å². The molecule has 0 unspecified atom stereocenters. The Morgan fingerprint density at radius 2 is 1.63 bits per heavy atom. The van der Waals surface area contributed by atoms with Crippen LogP contribution in [0.15, 0.2) is 48.5 Å². The summed E-state index contributed by atoms with van der Waals surface area (Å²) >= 11 is 0. The second kappa shape index (κ2) is 10.1. The maximum Gasteiger partial charge on any atom is 0.419 e. The van der Waals surface area contributed by atoms with Gasteiger partial charge in [0.1, 0.15) is 11.4 Å². The van der Waals surface area contributed by atoms with Gasteiger partial charge in [0.05, 0.1) is 11.1 Å². The molecule has 1 fully saturated rings. The van der Waals surface area contributed by atoms with Crippen LogP contribution in [0, 0.1) is 5.82 Å². The van der Waals surface area contributed by atoms with E-state index in [4.69, 9.17) is 0 Å². The van der Waals surface area contributed by atoms with Crippen molar-refractivity contribution < 1.29 is 40.3 Å². The van der Waals surface area contributed by atoms with Gasteiger partial charge < -0.3 is 16.0 Å². The summed E-state index contributed by atoms with van der Waals surface area (Å²) in [7, 11) is 0.